The predicted molar refractivity (Wildman–Crippen MR) is 56.5 cm³/mol. The summed E-state index contributed by atoms with van der Waals surface area (Å²) in [6, 6.07) is 0. The van der Waals surface area contributed by atoms with Crippen molar-refractivity contribution in [3.8, 4) is 5.88 Å². The highest BCUT2D eigenvalue weighted by Gasteiger charge is 1.98. The topological polar surface area (TPSA) is 70.3 Å². The Bertz CT molecular complexity index is 275. The molecule has 0 bridgehead atoms. The van der Waals surface area contributed by atoms with E-state index in [2.05, 4.69) is 9.97 Å². The summed E-state index contributed by atoms with van der Waals surface area (Å²) in [5.41, 5.74) is 6.14. The number of rotatable bonds is 6. The van der Waals surface area contributed by atoms with Crippen molar-refractivity contribution < 1.29 is 9.47 Å². The molecule has 84 valence electrons. The molecular weight excluding hydrogens is 194 g/mol. The Morgan fingerprint density at radius 2 is 2.07 bits per heavy atom. The fourth-order valence-corrected chi connectivity index (χ4v) is 0.953. The maximum absolute atomic E-state index is 5.39. The quantitative estimate of drug-likeness (QED) is 0.703. The Hall–Kier alpha value is -1.20. The summed E-state index contributed by atoms with van der Waals surface area (Å²) < 4.78 is 10.6. The summed E-state index contributed by atoms with van der Waals surface area (Å²) in [5.74, 6) is 0.500. The van der Waals surface area contributed by atoms with Gasteiger partial charge in [0, 0.05) is 6.54 Å². The van der Waals surface area contributed by atoms with Crippen LogP contribution in [0, 0.1) is 0 Å². The molecule has 0 aliphatic heterocycles. The van der Waals surface area contributed by atoms with Gasteiger partial charge in [-0.15, -0.1) is 0 Å². The zero-order valence-electron chi connectivity index (χ0n) is 9.14. The lowest BCUT2D eigenvalue weighted by atomic mass is 10.5. The number of hydrogen-bond donors (Lipinski definition) is 1. The van der Waals surface area contributed by atoms with Crippen LogP contribution in [-0.4, -0.2) is 29.3 Å². The Labute approximate surface area is 89.6 Å². The van der Waals surface area contributed by atoms with Gasteiger partial charge in [0.2, 0.25) is 5.88 Å². The van der Waals surface area contributed by atoms with Gasteiger partial charge in [0.25, 0.3) is 0 Å². The molecule has 0 radical (unpaired) electrons. The lowest BCUT2D eigenvalue weighted by molar-refractivity contribution is 0.0541. The van der Waals surface area contributed by atoms with Gasteiger partial charge in [0.1, 0.15) is 6.61 Å². The zero-order valence-corrected chi connectivity index (χ0v) is 9.14. The molecule has 5 heteroatoms. The number of aromatic nitrogens is 2. The van der Waals surface area contributed by atoms with Gasteiger partial charge in [-0.05, 0) is 13.8 Å². The van der Waals surface area contributed by atoms with Gasteiger partial charge in [-0.2, -0.15) is 0 Å². The van der Waals surface area contributed by atoms with Crippen molar-refractivity contribution in [2.75, 3.05) is 13.2 Å². The third-order valence-electron chi connectivity index (χ3n) is 1.68. The first kappa shape index (κ1) is 11.9. The van der Waals surface area contributed by atoms with Crippen molar-refractivity contribution >= 4 is 0 Å². The second-order valence-corrected chi connectivity index (χ2v) is 3.32. The number of nitrogens with two attached hydrogens (primary N) is 1. The van der Waals surface area contributed by atoms with E-state index in [0.29, 0.717) is 25.6 Å². The molecule has 0 spiro atoms. The molecule has 2 N–H and O–H groups in total. The first-order valence-corrected chi connectivity index (χ1v) is 4.97. The average Bonchev–Trinajstić information content (AvgIpc) is 2.25. The van der Waals surface area contributed by atoms with Crippen LogP contribution in [0.3, 0.4) is 0 Å². The van der Waals surface area contributed by atoms with E-state index in [9.17, 15) is 0 Å². The molecule has 0 saturated carbocycles. The summed E-state index contributed by atoms with van der Waals surface area (Å²) >= 11 is 0. The molecule has 0 aromatic carbocycles. The maximum atomic E-state index is 5.39. The van der Waals surface area contributed by atoms with E-state index in [0.717, 1.165) is 5.69 Å². The predicted octanol–water partition coefficient (Wildman–Crippen LogP) is 0.739. The first-order chi connectivity index (χ1) is 7.22. The van der Waals surface area contributed by atoms with Crippen molar-refractivity contribution in [2.24, 2.45) is 5.73 Å². The fourth-order valence-electron chi connectivity index (χ4n) is 0.953. The molecule has 15 heavy (non-hydrogen) atoms. The highest BCUT2D eigenvalue weighted by atomic mass is 16.5. The van der Waals surface area contributed by atoms with E-state index >= 15 is 0 Å². The molecule has 1 aromatic rings. The fraction of sp³-hybridized carbons (Fsp3) is 0.600. The van der Waals surface area contributed by atoms with E-state index in [1.54, 1.807) is 12.4 Å². The van der Waals surface area contributed by atoms with Crippen molar-refractivity contribution in [1.29, 1.82) is 0 Å². The number of ether oxygens (including phenoxy) is 2. The molecule has 1 rings (SSSR count). The lowest BCUT2D eigenvalue weighted by Crippen LogP contribution is -2.12. The zero-order chi connectivity index (χ0) is 11.1. The van der Waals surface area contributed by atoms with Crippen LogP contribution in [0.4, 0.5) is 0 Å². The van der Waals surface area contributed by atoms with Crippen LogP contribution in [0.15, 0.2) is 12.4 Å². The lowest BCUT2D eigenvalue weighted by Gasteiger charge is -2.08. The van der Waals surface area contributed by atoms with Crippen molar-refractivity contribution in [3.63, 3.8) is 0 Å². The molecule has 1 heterocycles. The molecule has 0 aliphatic rings. The summed E-state index contributed by atoms with van der Waals surface area (Å²) in [7, 11) is 0. The Balaban J connectivity index is 2.25. The maximum Gasteiger partial charge on any atom is 0.232 e. The first-order valence-electron chi connectivity index (χ1n) is 4.97. The van der Waals surface area contributed by atoms with E-state index in [1.807, 2.05) is 13.8 Å². The van der Waals surface area contributed by atoms with Crippen molar-refractivity contribution in [2.45, 2.75) is 26.5 Å². The Morgan fingerprint density at radius 1 is 1.27 bits per heavy atom. The van der Waals surface area contributed by atoms with Gasteiger partial charge in [-0.1, -0.05) is 0 Å². The molecule has 0 saturated heterocycles. The summed E-state index contributed by atoms with van der Waals surface area (Å²) in [5, 5.41) is 0. The van der Waals surface area contributed by atoms with Gasteiger partial charge in [0.05, 0.1) is 30.8 Å². The minimum absolute atomic E-state index is 0.222. The van der Waals surface area contributed by atoms with Crippen LogP contribution < -0.4 is 10.5 Å². The normalized spacial score (nSPS) is 10.7. The highest BCUT2D eigenvalue weighted by Crippen LogP contribution is 2.03. The molecule has 5 nitrogen and oxygen atoms in total. The molecule has 0 amide bonds. The molecular formula is C10H17N3O2. The van der Waals surface area contributed by atoms with Crippen LogP contribution in [0.1, 0.15) is 19.5 Å². The monoisotopic (exact) mass is 211 g/mol. The number of hydrogen-bond acceptors (Lipinski definition) is 5. The average molecular weight is 211 g/mol. The molecule has 0 atom stereocenters. The molecule has 0 fully saturated rings. The van der Waals surface area contributed by atoms with Gasteiger partial charge in [-0.25, -0.2) is 4.98 Å². The second-order valence-electron chi connectivity index (χ2n) is 3.32. The van der Waals surface area contributed by atoms with Crippen molar-refractivity contribution in [3.05, 3.63) is 18.1 Å². The third-order valence-corrected chi connectivity index (χ3v) is 1.68. The van der Waals surface area contributed by atoms with Crippen LogP contribution in [0.5, 0.6) is 5.88 Å². The molecule has 0 aliphatic carbocycles. The third kappa shape index (κ3) is 4.71. The van der Waals surface area contributed by atoms with Gasteiger partial charge >= 0.3 is 0 Å². The van der Waals surface area contributed by atoms with E-state index < -0.39 is 0 Å². The van der Waals surface area contributed by atoms with Gasteiger partial charge in [-0.3, -0.25) is 4.98 Å². The van der Waals surface area contributed by atoms with E-state index in [1.165, 1.54) is 0 Å². The second kappa shape index (κ2) is 6.31. The van der Waals surface area contributed by atoms with Gasteiger partial charge in [0.15, 0.2) is 0 Å². The molecule has 0 unspecified atom stereocenters. The smallest absolute Gasteiger partial charge is 0.232 e. The van der Waals surface area contributed by atoms with Crippen LogP contribution >= 0.6 is 0 Å². The van der Waals surface area contributed by atoms with Crippen molar-refractivity contribution in [1.82, 2.24) is 9.97 Å². The number of nitrogens with zero attached hydrogens (tertiary/aromatic N) is 2. The minimum Gasteiger partial charge on any atom is -0.474 e. The summed E-state index contributed by atoms with van der Waals surface area (Å²) in [6.45, 7) is 5.39. The highest BCUT2D eigenvalue weighted by molar-refractivity contribution is 5.06. The Morgan fingerprint density at radius 3 is 2.60 bits per heavy atom. The summed E-state index contributed by atoms with van der Waals surface area (Å²) in [4.78, 5) is 8.10. The minimum atomic E-state index is 0.222. The Kier molecular flexibility index (Phi) is 5.00. The largest absolute Gasteiger partial charge is 0.474 e. The van der Waals surface area contributed by atoms with E-state index in [4.69, 9.17) is 15.2 Å². The van der Waals surface area contributed by atoms with Crippen LogP contribution in [0.25, 0.3) is 0 Å². The summed E-state index contributed by atoms with van der Waals surface area (Å²) in [6.07, 6.45) is 3.40. The van der Waals surface area contributed by atoms with Crippen LogP contribution in [-0.2, 0) is 11.3 Å². The standard InChI is InChI=1S/C10H17N3O2/c1-8(2)14-3-4-15-10-7-12-9(5-11)6-13-10/h6-8H,3-5,11H2,1-2H3. The van der Waals surface area contributed by atoms with E-state index in [-0.39, 0.29) is 6.10 Å². The SMILES string of the molecule is CC(C)OCCOc1cnc(CN)cn1. The van der Waals surface area contributed by atoms with Gasteiger partial charge < -0.3 is 15.2 Å². The van der Waals surface area contributed by atoms with Crippen LogP contribution in [0.2, 0.25) is 0 Å². The molecule has 1 aromatic heterocycles.